The van der Waals surface area contributed by atoms with Gasteiger partial charge in [-0.15, -0.1) is 0 Å². The molecule has 10 nitrogen and oxygen atoms in total. The highest BCUT2D eigenvalue weighted by molar-refractivity contribution is 5.87. The first-order chi connectivity index (χ1) is 17.5. The summed E-state index contributed by atoms with van der Waals surface area (Å²) in [6.45, 7) is 0.571. The Morgan fingerprint density at radius 3 is 2.70 bits per heavy atom. The van der Waals surface area contributed by atoms with Crippen LogP contribution in [0.5, 0.6) is 11.6 Å². The Hall–Kier alpha value is -4.62. The Morgan fingerprint density at radius 1 is 1.32 bits per heavy atom. The van der Waals surface area contributed by atoms with E-state index in [2.05, 4.69) is 22.1 Å². The van der Waals surface area contributed by atoms with Crippen molar-refractivity contribution in [2.75, 3.05) is 6.54 Å². The van der Waals surface area contributed by atoms with Crippen LogP contribution in [0.25, 0.3) is 10.9 Å². The number of ether oxygens (including phenoxy) is 1. The van der Waals surface area contributed by atoms with E-state index in [1.807, 2.05) is 18.3 Å². The number of likely N-dealkylation sites (tertiary alicyclic amines) is 1. The molecule has 2 aromatic heterocycles. The van der Waals surface area contributed by atoms with Crippen LogP contribution in [0.4, 0.5) is 13.2 Å². The smallest absolute Gasteiger partial charge is 0.475 e. The second-order valence-electron chi connectivity index (χ2n) is 8.02. The van der Waals surface area contributed by atoms with E-state index in [0.29, 0.717) is 30.7 Å². The van der Waals surface area contributed by atoms with Crippen LogP contribution in [0.15, 0.2) is 42.7 Å². The van der Waals surface area contributed by atoms with Crippen LogP contribution >= 0.6 is 0 Å². The molecule has 1 amide bonds. The molecule has 0 radical (unpaired) electrons. The number of carboxylic acids is 1. The van der Waals surface area contributed by atoms with Crippen molar-refractivity contribution < 1.29 is 32.6 Å². The minimum Gasteiger partial charge on any atom is -0.475 e. The average Bonchev–Trinajstić information content (AvgIpc) is 3.50. The Labute approximate surface area is 208 Å². The molecule has 37 heavy (non-hydrogen) atoms. The first-order valence-corrected chi connectivity index (χ1v) is 10.9. The number of hydrogen-bond acceptors (Lipinski definition) is 7. The summed E-state index contributed by atoms with van der Waals surface area (Å²) in [5, 5.41) is 26.4. The molecule has 0 spiro atoms. The normalized spacial score (nSPS) is 15.7. The maximum absolute atomic E-state index is 12.7. The molecule has 1 aliphatic rings. The van der Waals surface area contributed by atoms with Gasteiger partial charge in [-0.05, 0) is 55.2 Å². The molecule has 3 aromatic rings. The largest absolute Gasteiger partial charge is 0.490 e. The summed E-state index contributed by atoms with van der Waals surface area (Å²) in [7, 11) is 0. The Bertz CT molecular complexity index is 1380. The van der Waals surface area contributed by atoms with Crippen molar-refractivity contribution in [2.24, 2.45) is 5.73 Å². The van der Waals surface area contributed by atoms with Gasteiger partial charge in [-0.2, -0.15) is 23.7 Å². The molecule has 192 valence electrons. The number of carbonyl (C=O) groups excluding carboxylic acids is 1. The van der Waals surface area contributed by atoms with Gasteiger partial charge in [0.2, 0.25) is 11.8 Å². The van der Waals surface area contributed by atoms with E-state index in [-0.39, 0.29) is 17.8 Å². The molecule has 1 saturated heterocycles. The van der Waals surface area contributed by atoms with Gasteiger partial charge in [0.15, 0.2) is 0 Å². The van der Waals surface area contributed by atoms with Crippen molar-refractivity contribution in [3.8, 4) is 23.8 Å². The SMILES string of the molecule is N#Cc1cccnc1Oc1ccc2[nH]cc(C[C@H](N)C(=O)N3CCC[C@H]3C#N)c2c1.O=C(O)C(F)(F)F. The first-order valence-electron chi connectivity index (χ1n) is 10.9. The zero-order chi connectivity index (χ0) is 27.2. The zero-order valence-corrected chi connectivity index (χ0v) is 19.2. The maximum atomic E-state index is 12.7. The third-order valence-electron chi connectivity index (χ3n) is 5.53. The number of nitrogens with two attached hydrogens (primary N) is 1. The number of nitrogens with one attached hydrogen (secondary N) is 1. The molecule has 0 bridgehead atoms. The summed E-state index contributed by atoms with van der Waals surface area (Å²) in [6.07, 6.45) is 0.163. The molecular weight excluding hydrogens is 493 g/mol. The number of nitrogens with zero attached hydrogens (tertiary/aromatic N) is 4. The quantitative estimate of drug-likeness (QED) is 0.466. The number of alkyl halides is 3. The number of aliphatic carboxylic acids is 1. The minimum atomic E-state index is -5.08. The van der Waals surface area contributed by atoms with E-state index in [4.69, 9.17) is 20.4 Å². The molecule has 1 aromatic carbocycles. The lowest BCUT2D eigenvalue weighted by Crippen LogP contribution is -2.46. The van der Waals surface area contributed by atoms with Gasteiger partial charge in [0.25, 0.3) is 0 Å². The summed E-state index contributed by atoms with van der Waals surface area (Å²) in [5.74, 6) is -2.19. The van der Waals surface area contributed by atoms with Crippen molar-refractivity contribution in [1.82, 2.24) is 14.9 Å². The number of benzene rings is 1. The number of rotatable bonds is 5. The van der Waals surface area contributed by atoms with Gasteiger partial charge in [-0.3, -0.25) is 4.79 Å². The highest BCUT2D eigenvalue weighted by Gasteiger charge is 2.38. The molecule has 4 rings (SSSR count). The summed E-state index contributed by atoms with van der Waals surface area (Å²) in [6, 6.07) is 11.9. The average molecular weight is 514 g/mol. The molecule has 0 unspecified atom stereocenters. The minimum absolute atomic E-state index is 0.201. The van der Waals surface area contributed by atoms with E-state index >= 15 is 0 Å². The number of amides is 1. The fourth-order valence-electron chi connectivity index (χ4n) is 3.76. The van der Waals surface area contributed by atoms with E-state index in [1.165, 1.54) is 0 Å². The topological polar surface area (TPSA) is 169 Å². The highest BCUT2D eigenvalue weighted by atomic mass is 19.4. The van der Waals surface area contributed by atoms with Gasteiger partial charge < -0.3 is 25.5 Å². The standard InChI is InChI=1S/C22H20N6O2.C2HF3O2/c23-11-14-3-1-7-26-21(14)30-17-5-6-20-18(10-17)15(13-27-20)9-19(25)22(29)28-8-2-4-16(28)12-24;3-2(4,5)1(6)7/h1,3,5-7,10,13,16,19,27H,2,4,8-9,25H2;(H,6,7)/t16-,19-;/m0./s1. The first kappa shape index (κ1) is 27.0. The van der Waals surface area contributed by atoms with E-state index in [0.717, 1.165) is 22.9 Å². The zero-order valence-electron chi connectivity index (χ0n) is 19.2. The predicted octanol–water partition coefficient (Wildman–Crippen LogP) is 3.24. The van der Waals surface area contributed by atoms with Crippen molar-refractivity contribution >= 4 is 22.8 Å². The number of carbonyl (C=O) groups is 2. The van der Waals surface area contributed by atoms with Gasteiger partial charge in [-0.1, -0.05) is 0 Å². The highest BCUT2D eigenvalue weighted by Crippen LogP contribution is 2.29. The molecule has 4 N–H and O–H groups in total. The van der Waals surface area contributed by atoms with Crippen LogP contribution in [0.2, 0.25) is 0 Å². The molecular formula is C24H21F3N6O4. The van der Waals surface area contributed by atoms with Crippen molar-refractivity contribution in [1.29, 1.82) is 10.5 Å². The fraction of sp³-hybridized carbons (Fsp3) is 0.292. The third-order valence-corrected chi connectivity index (χ3v) is 5.53. The van der Waals surface area contributed by atoms with Crippen molar-refractivity contribution in [3.63, 3.8) is 0 Å². The summed E-state index contributed by atoms with van der Waals surface area (Å²) in [5.41, 5.74) is 8.31. The van der Waals surface area contributed by atoms with E-state index < -0.39 is 18.2 Å². The number of H-pyrrole nitrogens is 1. The van der Waals surface area contributed by atoms with E-state index in [1.54, 1.807) is 29.3 Å². The summed E-state index contributed by atoms with van der Waals surface area (Å²) < 4.78 is 37.5. The number of aromatic amines is 1. The summed E-state index contributed by atoms with van der Waals surface area (Å²) in [4.78, 5) is 30.5. The lowest BCUT2D eigenvalue weighted by atomic mass is 10.0. The number of carboxylic acid groups (broad SMARTS) is 1. The van der Waals surface area contributed by atoms with Crippen LogP contribution in [-0.4, -0.2) is 56.7 Å². The van der Waals surface area contributed by atoms with Crippen LogP contribution < -0.4 is 10.5 Å². The number of aromatic nitrogens is 2. The van der Waals surface area contributed by atoms with Crippen LogP contribution in [-0.2, 0) is 16.0 Å². The molecule has 1 fully saturated rings. The Balaban J connectivity index is 0.000000479. The molecule has 0 aliphatic carbocycles. The maximum Gasteiger partial charge on any atom is 0.490 e. The lowest BCUT2D eigenvalue weighted by molar-refractivity contribution is -0.192. The molecule has 0 saturated carbocycles. The van der Waals surface area contributed by atoms with Gasteiger partial charge in [0.05, 0.1) is 12.1 Å². The van der Waals surface area contributed by atoms with Crippen LogP contribution in [0, 0.1) is 22.7 Å². The number of hydrogen-bond donors (Lipinski definition) is 3. The van der Waals surface area contributed by atoms with Crippen molar-refractivity contribution in [3.05, 3.63) is 53.9 Å². The lowest BCUT2D eigenvalue weighted by Gasteiger charge is -2.23. The second kappa shape index (κ2) is 11.4. The predicted molar refractivity (Wildman–Crippen MR) is 123 cm³/mol. The number of halogens is 3. The molecule has 2 atom stereocenters. The number of fused-ring (bicyclic) bond motifs is 1. The van der Waals surface area contributed by atoms with Gasteiger partial charge in [0, 0.05) is 29.8 Å². The number of pyridine rings is 1. The van der Waals surface area contributed by atoms with Gasteiger partial charge in [0.1, 0.15) is 23.4 Å². The van der Waals surface area contributed by atoms with Gasteiger partial charge >= 0.3 is 12.1 Å². The monoisotopic (exact) mass is 514 g/mol. The van der Waals surface area contributed by atoms with Crippen molar-refractivity contribution in [2.45, 2.75) is 37.5 Å². The number of nitriles is 2. The van der Waals surface area contributed by atoms with Crippen LogP contribution in [0.3, 0.4) is 0 Å². The van der Waals surface area contributed by atoms with Crippen LogP contribution in [0.1, 0.15) is 24.0 Å². The second-order valence-corrected chi connectivity index (χ2v) is 8.02. The fourth-order valence-corrected chi connectivity index (χ4v) is 3.76. The third kappa shape index (κ3) is 6.54. The molecule has 13 heteroatoms. The summed E-state index contributed by atoms with van der Waals surface area (Å²) >= 11 is 0. The van der Waals surface area contributed by atoms with Gasteiger partial charge in [-0.25, -0.2) is 9.78 Å². The molecule has 1 aliphatic heterocycles. The Morgan fingerprint density at radius 2 is 2.05 bits per heavy atom. The molecule has 3 heterocycles. The Kier molecular flexibility index (Phi) is 8.32. The van der Waals surface area contributed by atoms with E-state index in [9.17, 15) is 28.5 Å².